The molecule has 3 aromatic carbocycles. The van der Waals surface area contributed by atoms with Crippen molar-refractivity contribution >= 4 is 29.0 Å². The van der Waals surface area contributed by atoms with Gasteiger partial charge >= 0.3 is 0 Å². The van der Waals surface area contributed by atoms with Gasteiger partial charge in [0.05, 0.1) is 6.61 Å². The number of Topliss-reactive ketones (excluding diaryl/α,β-unsaturated/α-hetero) is 1. The van der Waals surface area contributed by atoms with Crippen molar-refractivity contribution in [3.63, 3.8) is 0 Å². The predicted octanol–water partition coefficient (Wildman–Crippen LogP) is 6.89. The molecule has 0 saturated carbocycles. The van der Waals surface area contributed by atoms with Gasteiger partial charge in [-0.3, -0.25) is 4.79 Å². The van der Waals surface area contributed by atoms with E-state index in [1.807, 2.05) is 30.3 Å². The van der Waals surface area contributed by atoms with Crippen LogP contribution in [-0.4, -0.2) is 19.5 Å². The van der Waals surface area contributed by atoms with Crippen LogP contribution >= 0.6 is 23.2 Å². The predicted molar refractivity (Wildman–Crippen MR) is 124 cm³/mol. The number of methoxy groups -OCH3 is 1. The quantitative estimate of drug-likeness (QED) is 0.401. The summed E-state index contributed by atoms with van der Waals surface area (Å²) in [5.74, 6) is 0.476. The number of rotatable bonds is 7. The minimum Gasteiger partial charge on any atom is -0.384 e. The van der Waals surface area contributed by atoms with Crippen LogP contribution in [0.2, 0.25) is 10.0 Å². The van der Waals surface area contributed by atoms with E-state index < -0.39 is 0 Å². The molecule has 1 unspecified atom stereocenters. The van der Waals surface area contributed by atoms with Crippen molar-refractivity contribution in [3.05, 3.63) is 93.0 Å². The minimum absolute atomic E-state index is 0.195. The van der Waals surface area contributed by atoms with E-state index >= 15 is 0 Å². The Bertz CT molecular complexity index is 1070. The Morgan fingerprint density at radius 3 is 2.63 bits per heavy atom. The molecule has 4 rings (SSSR count). The first kappa shape index (κ1) is 21.1. The Hall–Kier alpha value is -2.13. The number of carbonyl (C=O) groups is 1. The van der Waals surface area contributed by atoms with E-state index in [2.05, 4.69) is 30.3 Å². The number of fused-ring (bicyclic) bond motifs is 1. The summed E-state index contributed by atoms with van der Waals surface area (Å²) in [4.78, 5) is 12.1. The van der Waals surface area contributed by atoms with Crippen LogP contribution in [0.15, 0.2) is 60.7 Å². The molecule has 1 aliphatic rings. The SMILES string of the molecule is COCCC(=O)Cc1cccc(-c2ccc3c(c2)C(c2ccc(Cl)cc2Cl)CC3)c1. The molecule has 0 spiro atoms. The summed E-state index contributed by atoms with van der Waals surface area (Å²) in [6, 6.07) is 20.7. The standard InChI is InChI=1S/C26H24Cl2O2/c1-30-12-11-22(29)14-17-3-2-4-19(13-17)20-6-5-18-7-9-23(25(18)15-20)24-10-8-21(27)16-26(24)28/h2-6,8,10,13,15-16,23H,7,9,11-12,14H2,1H3. The van der Waals surface area contributed by atoms with Crippen LogP contribution in [0.4, 0.5) is 0 Å². The second-order valence-electron chi connectivity index (χ2n) is 7.83. The van der Waals surface area contributed by atoms with Crippen LogP contribution in [-0.2, 0) is 22.4 Å². The van der Waals surface area contributed by atoms with Crippen LogP contribution in [0.25, 0.3) is 11.1 Å². The Labute approximate surface area is 187 Å². The lowest BCUT2D eigenvalue weighted by molar-refractivity contribution is -0.119. The van der Waals surface area contributed by atoms with Gasteiger partial charge in [0.1, 0.15) is 5.78 Å². The number of benzene rings is 3. The minimum atomic E-state index is 0.195. The smallest absolute Gasteiger partial charge is 0.139 e. The van der Waals surface area contributed by atoms with Gasteiger partial charge in [-0.1, -0.05) is 71.7 Å². The summed E-state index contributed by atoms with van der Waals surface area (Å²) in [5, 5.41) is 1.38. The van der Waals surface area contributed by atoms with Crippen molar-refractivity contribution in [1.82, 2.24) is 0 Å². The zero-order valence-corrected chi connectivity index (χ0v) is 18.5. The zero-order chi connectivity index (χ0) is 21.1. The van der Waals surface area contributed by atoms with E-state index in [4.69, 9.17) is 27.9 Å². The van der Waals surface area contributed by atoms with E-state index in [0.717, 1.165) is 40.1 Å². The number of ether oxygens (including phenoxy) is 1. The van der Waals surface area contributed by atoms with Gasteiger partial charge in [-0.2, -0.15) is 0 Å². The Kier molecular flexibility index (Phi) is 6.58. The molecule has 0 amide bonds. The molecular weight excluding hydrogens is 415 g/mol. The van der Waals surface area contributed by atoms with Gasteiger partial charge in [-0.25, -0.2) is 0 Å². The Balaban J connectivity index is 1.62. The van der Waals surface area contributed by atoms with Crippen LogP contribution in [0.1, 0.15) is 41.0 Å². The highest BCUT2D eigenvalue weighted by Crippen LogP contribution is 2.42. The van der Waals surface area contributed by atoms with Crippen molar-refractivity contribution in [2.45, 2.75) is 31.6 Å². The molecule has 0 radical (unpaired) electrons. The Morgan fingerprint density at radius 1 is 1.00 bits per heavy atom. The molecule has 0 saturated heterocycles. The lowest BCUT2D eigenvalue weighted by Gasteiger charge is -2.16. The van der Waals surface area contributed by atoms with Crippen molar-refractivity contribution in [2.75, 3.05) is 13.7 Å². The highest BCUT2D eigenvalue weighted by Gasteiger charge is 2.26. The highest BCUT2D eigenvalue weighted by atomic mass is 35.5. The van der Waals surface area contributed by atoms with Gasteiger partial charge in [0.15, 0.2) is 0 Å². The summed E-state index contributed by atoms with van der Waals surface area (Å²) in [6.07, 6.45) is 2.98. The van der Waals surface area contributed by atoms with Gasteiger partial charge in [-0.05, 0) is 58.4 Å². The van der Waals surface area contributed by atoms with E-state index in [1.165, 1.54) is 11.1 Å². The first-order valence-electron chi connectivity index (χ1n) is 10.2. The molecule has 2 nitrogen and oxygen atoms in total. The van der Waals surface area contributed by atoms with Crippen LogP contribution < -0.4 is 0 Å². The molecule has 0 aromatic heterocycles. The van der Waals surface area contributed by atoms with Crippen molar-refractivity contribution in [1.29, 1.82) is 0 Å². The number of carbonyl (C=O) groups excluding carboxylic acids is 1. The maximum atomic E-state index is 12.1. The first-order valence-corrected chi connectivity index (χ1v) is 11.0. The van der Waals surface area contributed by atoms with Gasteiger partial charge in [0.25, 0.3) is 0 Å². The van der Waals surface area contributed by atoms with Crippen LogP contribution in [0.3, 0.4) is 0 Å². The number of halogens is 2. The van der Waals surface area contributed by atoms with Gasteiger partial charge < -0.3 is 4.74 Å². The fourth-order valence-corrected chi connectivity index (χ4v) is 4.82. The third-order valence-electron chi connectivity index (χ3n) is 5.81. The van der Waals surface area contributed by atoms with E-state index in [1.54, 1.807) is 7.11 Å². The summed E-state index contributed by atoms with van der Waals surface area (Å²) >= 11 is 12.6. The number of hydrogen-bond acceptors (Lipinski definition) is 2. The second kappa shape index (κ2) is 9.34. The largest absolute Gasteiger partial charge is 0.384 e. The molecule has 3 aromatic rings. The average molecular weight is 439 g/mol. The normalized spacial score (nSPS) is 15.2. The lowest BCUT2D eigenvalue weighted by Crippen LogP contribution is -2.06. The monoisotopic (exact) mass is 438 g/mol. The highest BCUT2D eigenvalue weighted by molar-refractivity contribution is 6.35. The molecule has 0 fully saturated rings. The summed E-state index contributed by atoms with van der Waals surface area (Å²) in [5.41, 5.74) is 7.17. The molecule has 30 heavy (non-hydrogen) atoms. The third-order valence-corrected chi connectivity index (χ3v) is 6.37. The third kappa shape index (κ3) is 4.62. The molecule has 1 aliphatic carbocycles. The fourth-order valence-electron chi connectivity index (χ4n) is 4.28. The number of hydrogen-bond donors (Lipinski definition) is 0. The second-order valence-corrected chi connectivity index (χ2v) is 8.67. The maximum Gasteiger partial charge on any atom is 0.139 e. The van der Waals surface area contributed by atoms with Crippen LogP contribution in [0.5, 0.6) is 0 Å². The van der Waals surface area contributed by atoms with Crippen molar-refractivity contribution < 1.29 is 9.53 Å². The number of aryl methyl sites for hydroxylation is 1. The van der Waals surface area contributed by atoms with Crippen molar-refractivity contribution in [2.24, 2.45) is 0 Å². The van der Waals surface area contributed by atoms with Gasteiger partial charge in [0.2, 0.25) is 0 Å². The summed E-state index contributed by atoms with van der Waals surface area (Å²) in [7, 11) is 1.62. The van der Waals surface area contributed by atoms with E-state index in [-0.39, 0.29) is 11.7 Å². The summed E-state index contributed by atoms with van der Waals surface area (Å²) < 4.78 is 5.01. The molecule has 0 N–H and O–H groups in total. The molecule has 0 bridgehead atoms. The molecule has 0 heterocycles. The Morgan fingerprint density at radius 2 is 1.83 bits per heavy atom. The van der Waals surface area contributed by atoms with Crippen molar-refractivity contribution in [3.8, 4) is 11.1 Å². The fraction of sp³-hybridized carbons (Fsp3) is 0.269. The van der Waals surface area contributed by atoms with E-state index in [9.17, 15) is 4.79 Å². The van der Waals surface area contributed by atoms with Crippen LogP contribution in [0, 0.1) is 0 Å². The lowest BCUT2D eigenvalue weighted by atomic mass is 9.90. The first-order chi connectivity index (χ1) is 14.5. The average Bonchev–Trinajstić information content (AvgIpc) is 3.15. The topological polar surface area (TPSA) is 26.3 Å². The maximum absolute atomic E-state index is 12.1. The molecular formula is C26H24Cl2O2. The molecule has 0 aliphatic heterocycles. The molecule has 4 heteroatoms. The zero-order valence-electron chi connectivity index (χ0n) is 17.0. The number of ketones is 1. The van der Waals surface area contributed by atoms with Gasteiger partial charge in [-0.15, -0.1) is 0 Å². The van der Waals surface area contributed by atoms with E-state index in [0.29, 0.717) is 24.5 Å². The molecule has 154 valence electrons. The van der Waals surface area contributed by atoms with Gasteiger partial charge in [0, 0.05) is 35.9 Å². The summed E-state index contributed by atoms with van der Waals surface area (Å²) in [6.45, 7) is 0.470. The molecule has 1 atom stereocenters.